The van der Waals surface area contributed by atoms with Crippen molar-refractivity contribution in [2.45, 2.75) is 19.8 Å². The summed E-state index contributed by atoms with van der Waals surface area (Å²) >= 11 is 6.40. The number of hydrogen-bond donors (Lipinski definition) is 2. The monoisotopic (exact) mass is 524 g/mol. The number of nitrogens with one attached hydrogen (secondary N) is 2. The second-order valence-corrected chi connectivity index (χ2v) is 14.3. The van der Waals surface area contributed by atoms with Crippen LogP contribution in [0.5, 0.6) is 0 Å². The number of hydrogen-bond acceptors (Lipinski definition) is 7. The molecule has 0 amide bonds. The van der Waals surface area contributed by atoms with E-state index in [9.17, 15) is 4.57 Å². The Hall–Kier alpha value is -2.60. The van der Waals surface area contributed by atoms with Crippen molar-refractivity contribution in [1.82, 2.24) is 14.9 Å². The Kier molecular flexibility index (Phi) is 6.75. The first-order chi connectivity index (χ1) is 17.1. The van der Waals surface area contributed by atoms with Crippen LogP contribution in [0.3, 0.4) is 0 Å². The number of aromatic nitrogens is 2. The Labute approximate surface area is 218 Å². The number of anilines is 5. The van der Waals surface area contributed by atoms with Gasteiger partial charge in [-0.05, 0) is 81.5 Å². The molecule has 1 aromatic heterocycles. The summed E-state index contributed by atoms with van der Waals surface area (Å²) in [4.78, 5) is 13.9. The van der Waals surface area contributed by atoms with Gasteiger partial charge in [0.1, 0.15) is 12.2 Å². The van der Waals surface area contributed by atoms with Gasteiger partial charge >= 0.3 is 0 Å². The molecule has 9 heteroatoms. The molecule has 2 aromatic carbocycles. The molecular weight excluding hydrogens is 491 g/mol. The van der Waals surface area contributed by atoms with E-state index < -0.39 is 7.14 Å². The number of rotatable bonds is 6. The molecule has 36 heavy (non-hydrogen) atoms. The lowest BCUT2D eigenvalue weighted by atomic mass is 9.72. The normalized spacial score (nSPS) is 17.6. The smallest absolute Gasteiger partial charge is 0.229 e. The summed E-state index contributed by atoms with van der Waals surface area (Å²) in [6, 6.07) is 13.9. The van der Waals surface area contributed by atoms with Crippen LogP contribution in [0.2, 0.25) is 5.02 Å². The number of aryl methyl sites for hydroxylation is 1. The molecule has 2 saturated heterocycles. The first-order valence-electron chi connectivity index (χ1n) is 12.4. The number of piperidine rings is 1. The molecule has 0 saturated carbocycles. The van der Waals surface area contributed by atoms with Crippen molar-refractivity contribution in [1.29, 1.82) is 0 Å². The van der Waals surface area contributed by atoms with Crippen molar-refractivity contribution < 1.29 is 4.57 Å². The lowest BCUT2D eigenvalue weighted by Gasteiger charge is -2.53. The Balaban J connectivity index is 1.29. The van der Waals surface area contributed by atoms with Crippen LogP contribution in [0.15, 0.2) is 48.7 Å². The molecule has 2 N–H and O–H groups in total. The van der Waals surface area contributed by atoms with E-state index in [1.54, 1.807) is 19.5 Å². The number of benzene rings is 2. The van der Waals surface area contributed by atoms with Crippen LogP contribution in [0.4, 0.5) is 28.8 Å². The fraction of sp³-hybridized carbons (Fsp3) is 0.407. The van der Waals surface area contributed by atoms with E-state index in [0.717, 1.165) is 29.8 Å². The number of halogens is 1. The van der Waals surface area contributed by atoms with Gasteiger partial charge in [-0.2, -0.15) is 4.98 Å². The van der Waals surface area contributed by atoms with Gasteiger partial charge < -0.3 is 25.0 Å². The molecule has 0 aliphatic carbocycles. The molecule has 2 aliphatic rings. The minimum absolute atomic E-state index is 0.393. The van der Waals surface area contributed by atoms with E-state index >= 15 is 0 Å². The minimum Gasteiger partial charge on any atom is -0.371 e. The third-order valence-electron chi connectivity index (χ3n) is 7.31. The summed E-state index contributed by atoms with van der Waals surface area (Å²) in [7, 11) is -0.263. The summed E-state index contributed by atoms with van der Waals surface area (Å²) < 4.78 is 12.7. The molecule has 3 heterocycles. The van der Waals surface area contributed by atoms with Gasteiger partial charge in [-0.25, -0.2) is 4.98 Å². The standard InChI is InChI=1S/C27H34ClN6OP/c1-19-15-20(9-10-23(19)34-13-11-27(12-14-34)17-33(2)18-27)30-26-29-16-21(28)25(32-26)31-22-7-5-6-8-24(22)36(3,4)35/h5-10,15-16H,11-14,17-18H2,1-4H3,(H2,29,30,31,32). The van der Waals surface area contributed by atoms with Crippen molar-refractivity contribution in [3.63, 3.8) is 0 Å². The van der Waals surface area contributed by atoms with Crippen molar-refractivity contribution in [2.75, 3.05) is 62.1 Å². The fourth-order valence-electron chi connectivity index (χ4n) is 5.55. The average Bonchev–Trinajstić information content (AvgIpc) is 2.81. The van der Waals surface area contributed by atoms with E-state index in [1.807, 2.05) is 24.3 Å². The van der Waals surface area contributed by atoms with Crippen LogP contribution in [-0.2, 0) is 4.57 Å². The highest BCUT2D eigenvalue weighted by molar-refractivity contribution is 7.70. The molecule has 5 rings (SSSR count). The van der Waals surface area contributed by atoms with E-state index in [4.69, 9.17) is 11.6 Å². The van der Waals surface area contributed by atoms with Gasteiger partial charge in [0.2, 0.25) is 5.95 Å². The Bertz CT molecular complexity index is 1310. The first-order valence-corrected chi connectivity index (χ1v) is 15.4. The maximum atomic E-state index is 12.7. The topological polar surface area (TPSA) is 73.4 Å². The Morgan fingerprint density at radius 2 is 1.78 bits per heavy atom. The van der Waals surface area contributed by atoms with Crippen LogP contribution in [0.1, 0.15) is 18.4 Å². The van der Waals surface area contributed by atoms with E-state index in [2.05, 4.69) is 62.6 Å². The van der Waals surface area contributed by atoms with E-state index in [1.165, 1.54) is 37.2 Å². The maximum Gasteiger partial charge on any atom is 0.229 e. The zero-order valence-corrected chi connectivity index (χ0v) is 23.0. The molecule has 0 unspecified atom stereocenters. The molecular formula is C27H34ClN6OP. The highest BCUT2D eigenvalue weighted by Crippen LogP contribution is 2.41. The van der Waals surface area contributed by atoms with Crippen LogP contribution in [0, 0.1) is 12.3 Å². The second kappa shape index (κ2) is 9.70. The zero-order valence-electron chi connectivity index (χ0n) is 21.4. The lowest BCUT2D eigenvalue weighted by molar-refractivity contribution is 0.00130. The third-order valence-corrected chi connectivity index (χ3v) is 9.14. The quantitative estimate of drug-likeness (QED) is 0.400. The van der Waals surface area contributed by atoms with Crippen molar-refractivity contribution in [3.8, 4) is 0 Å². The van der Waals surface area contributed by atoms with Gasteiger partial charge in [0.15, 0.2) is 5.82 Å². The molecule has 2 fully saturated rings. The Morgan fingerprint density at radius 1 is 1.06 bits per heavy atom. The third kappa shape index (κ3) is 5.24. The zero-order chi connectivity index (χ0) is 25.5. The Morgan fingerprint density at radius 3 is 2.44 bits per heavy atom. The molecule has 0 bridgehead atoms. The second-order valence-electron chi connectivity index (χ2n) is 10.7. The SMILES string of the molecule is Cc1cc(Nc2ncc(Cl)c(Nc3ccccc3P(C)(C)=O)n2)ccc1N1CCC2(CC1)CN(C)C2. The summed E-state index contributed by atoms with van der Waals surface area (Å²) in [5.41, 5.74) is 4.72. The summed E-state index contributed by atoms with van der Waals surface area (Å²) in [5.74, 6) is 0.907. The molecule has 1 spiro atoms. The van der Waals surface area contributed by atoms with Crippen LogP contribution < -0.4 is 20.8 Å². The minimum atomic E-state index is -2.48. The van der Waals surface area contributed by atoms with Crippen molar-refractivity contribution in [3.05, 3.63) is 59.2 Å². The first kappa shape index (κ1) is 25.1. The van der Waals surface area contributed by atoms with Gasteiger partial charge in [0, 0.05) is 42.9 Å². The molecule has 2 aliphatic heterocycles. The van der Waals surface area contributed by atoms with Gasteiger partial charge in [-0.15, -0.1) is 0 Å². The highest BCUT2D eigenvalue weighted by atomic mass is 35.5. The predicted molar refractivity (Wildman–Crippen MR) is 152 cm³/mol. The van der Waals surface area contributed by atoms with Crippen molar-refractivity contribution in [2.24, 2.45) is 5.41 Å². The number of likely N-dealkylation sites (tertiary alicyclic amines) is 1. The van der Waals surface area contributed by atoms with Crippen LogP contribution in [0.25, 0.3) is 0 Å². The number of nitrogens with zero attached hydrogens (tertiary/aromatic N) is 4. The van der Waals surface area contributed by atoms with E-state index in [-0.39, 0.29) is 0 Å². The van der Waals surface area contributed by atoms with Gasteiger partial charge in [-0.1, -0.05) is 23.7 Å². The van der Waals surface area contributed by atoms with Crippen LogP contribution >= 0.6 is 18.7 Å². The maximum absolute atomic E-state index is 12.7. The summed E-state index contributed by atoms with van der Waals surface area (Å²) in [6.45, 7) is 10.4. The van der Waals surface area contributed by atoms with Gasteiger partial charge in [-0.3, -0.25) is 0 Å². The summed E-state index contributed by atoms with van der Waals surface area (Å²) in [5, 5.41) is 7.71. The largest absolute Gasteiger partial charge is 0.371 e. The van der Waals surface area contributed by atoms with Gasteiger partial charge in [0.25, 0.3) is 0 Å². The molecule has 0 radical (unpaired) electrons. The summed E-state index contributed by atoms with van der Waals surface area (Å²) in [6.07, 6.45) is 4.10. The lowest BCUT2D eigenvalue weighted by Crippen LogP contribution is -2.58. The molecule has 3 aromatic rings. The predicted octanol–water partition coefficient (Wildman–Crippen LogP) is 5.71. The van der Waals surface area contributed by atoms with Crippen LogP contribution in [-0.4, -0.2) is 61.4 Å². The average molecular weight is 525 g/mol. The number of para-hydroxylation sites is 1. The highest BCUT2D eigenvalue weighted by Gasteiger charge is 2.43. The van der Waals surface area contributed by atoms with E-state index in [0.29, 0.717) is 22.2 Å². The molecule has 190 valence electrons. The fourth-order valence-corrected chi connectivity index (χ4v) is 6.84. The van der Waals surface area contributed by atoms with Gasteiger partial charge in [0.05, 0.1) is 11.9 Å². The molecule has 0 atom stereocenters. The molecule has 7 nitrogen and oxygen atoms in total. The van der Waals surface area contributed by atoms with Crippen molar-refractivity contribution >= 4 is 52.9 Å².